The van der Waals surface area contributed by atoms with Gasteiger partial charge in [-0.1, -0.05) is 26.0 Å². The van der Waals surface area contributed by atoms with Crippen LogP contribution in [0.25, 0.3) is 5.69 Å². The molecule has 1 atom stereocenters. The molecule has 0 aliphatic carbocycles. The van der Waals surface area contributed by atoms with Gasteiger partial charge in [0.15, 0.2) is 11.4 Å². The molecule has 0 saturated carbocycles. The predicted molar refractivity (Wildman–Crippen MR) is 92.6 cm³/mol. The fourth-order valence-corrected chi connectivity index (χ4v) is 2.45. The average molecular weight is 331 g/mol. The summed E-state index contributed by atoms with van der Waals surface area (Å²) in [6, 6.07) is 7.74. The van der Waals surface area contributed by atoms with Crippen molar-refractivity contribution < 1.29 is 15.0 Å². The molecule has 0 bridgehead atoms. The highest BCUT2D eigenvalue weighted by atomic mass is 16.3. The zero-order valence-electron chi connectivity index (χ0n) is 14.4. The summed E-state index contributed by atoms with van der Waals surface area (Å²) in [5.74, 6) is -0.197. The van der Waals surface area contributed by atoms with Crippen LogP contribution in [0.2, 0.25) is 0 Å². The van der Waals surface area contributed by atoms with E-state index in [9.17, 15) is 9.90 Å². The molecule has 3 N–H and O–H groups in total. The van der Waals surface area contributed by atoms with Crippen molar-refractivity contribution >= 4 is 5.91 Å². The molecular weight excluding hydrogens is 306 g/mol. The summed E-state index contributed by atoms with van der Waals surface area (Å²) in [5, 5.41) is 25.9. The molecule has 1 heterocycles. The molecule has 0 aliphatic heterocycles. The Kier molecular flexibility index (Phi) is 5.98. The molecule has 6 heteroatoms. The monoisotopic (exact) mass is 331 g/mol. The van der Waals surface area contributed by atoms with E-state index < -0.39 is 5.91 Å². The van der Waals surface area contributed by atoms with Gasteiger partial charge in [-0.2, -0.15) is 5.10 Å². The molecule has 0 fully saturated rings. The standard InChI is InChI=1S/C18H25N3O3/c1-12(2)14-7-4-8-15(10-14)21-11-16(23)17(20-21)18(24)19-13(3)6-5-9-22/h4,7-8,10-13,22-23H,5-6,9H2,1-3H3,(H,19,24). The number of benzene rings is 1. The first kappa shape index (κ1) is 18.0. The van der Waals surface area contributed by atoms with Crippen molar-refractivity contribution in [3.63, 3.8) is 0 Å². The fourth-order valence-electron chi connectivity index (χ4n) is 2.45. The number of nitrogens with zero attached hydrogens (tertiary/aromatic N) is 2. The maximum absolute atomic E-state index is 12.2. The van der Waals surface area contributed by atoms with Gasteiger partial charge in [-0.25, -0.2) is 4.68 Å². The fraction of sp³-hybridized carbons (Fsp3) is 0.444. The predicted octanol–water partition coefficient (Wildman–Crippen LogP) is 2.59. The van der Waals surface area contributed by atoms with Gasteiger partial charge in [-0.15, -0.1) is 0 Å². The van der Waals surface area contributed by atoms with E-state index in [0.29, 0.717) is 18.8 Å². The number of hydrogen-bond donors (Lipinski definition) is 3. The summed E-state index contributed by atoms with van der Waals surface area (Å²) in [7, 11) is 0. The Morgan fingerprint density at radius 3 is 2.75 bits per heavy atom. The number of aliphatic hydroxyl groups excluding tert-OH is 1. The molecule has 1 unspecified atom stereocenters. The van der Waals surface area contributed by atoms with Crippen LogP contribution >= 0.6 is 0 Å². The van der Waals surface area contributed by atoms with Gasteiger partial charge in [-0.05, 0) is 43.4 Å². The van der Waals surface area contributed by atoms with Crippen molar-refractivity contribution in [2.24, 2.45) is 0 Å². The van der Waals surface area contributed by atoms with Crippen LogP contribution in [0.5, 0.6) is 5.75 Å². The van der Waals surface area contributed by atoms with E-state index in [2.05, 4.69) is 24.3 Å². The Morgan fingerprint density at radius 2 is 2.08 bits per heavy atom. The summed E-state index contributed by atoms with van der Waals surface area (Å²) in [4.78, 5) is 12.2. The third-order valence-corrected chi connectivity index (χ3v) is 3.88. The van der Waals surface area contributed by atoms with E-state index in [1.54, 1.807) is 0 Å². The maximum Gasteiger partial charge on any atom is 0.275 e. The lowest BCUT2D eigenvalue weighted by Crippen LogP contribution is -2.33. The van der Waals surface area contributed by atoms with Gasteiger partial charge < -0.3 is 15.5 Å². The second kappa shape index (κ2) is 7.97. The highest BCUT2D eigenvalue weighted by molar-refractivity contribution is 5.95. The summed E-state index contributed by atoms with van der Waals surface area (Å²) in [5.41, 5.74) is 1.95. The number of carbonyl (C=O) groups is 1. The zero-order valence-corrected chi connectivity index (χ0v) is 14.4. The molecule has 0 spiro atoms. The summed E-state index contributed by atoms with van der Waals surface area (Å²) in [6.45, 7) is 6.15. The van der Waals surface area contributed by atoms with Gasteiger partial charge in [0.05, 0.1) is 11.9 Å². The number of aromatic nitrogens is 2. The van der Waals surface area contributed by atoms with Crippen molar-refractivity contribution in [1.82, 2.24) is 15.1 Å². The first-order chi connectivity index (χ1) is 11.4. The number of amides is 1. The molecule has 6 nitrogen and oxygen atoms in total. The van der Waals surface area contributed by atoms with E-state index in [0.717, 1.165) is 11.3 Å². The summed E-state index contributed by atoms with van der Waals surface area (Å²) >= 11 is 0. The van der Waals surface area contributed by atoms with E-state index in [-0.39, 0.29) is 24.1 Å². The molecule has 1 aromatic carbocycles. The molecule has 0 aliphatic rings. The van der Waals surface area contributed by atoms with Gasteiger partial charge in [-0.3, -0.25) is 4.79 Å². The van der Waals surface area contributed by atoms with Crippen molar-refractivity contribution in [3.05, 3.63) is 41.7 Å². The van der Waals surface area contributed by atoms with Crippen LogP contribution in [0.15, 0.2) is 30.5 Å². The third-order valence-electron chi connectivity index (χ3n) is 3.88. The minimum absolute atomic E-state index is 0.000739. The van der Waals surface area contributed by atoms with Crippen LogP contribution in [-0.4, -0.2) is 38.5 Å². The molecule has 130 valence electrons. The number of rotatable bonds is 7. The van der Waals surface area contributed by atoms with Crippen molar-refractivity contribution in [2.45, 2.75) is 45.6 Å². The summed E-state index contributed by atoms with van der Waals surface area (Å²) < 4.78 is 1.51. The van der Waals surface area contributed by atoms with E-state index in [1.807, 2.05) is 31.2 Å². The lowest BCUT2D eigenvalue weighted by atomic mass is 10.0. The van der Waals surface area contributed by atoms with Gasteiger partial charge in [0.25, 0.3) is 5.91 Å². The molecule has 24 heavy (non-hydrogen) atoms. The van der Waals surface area contributed by atoms with Gasteiger partial charge in [0.2, 0.25) is 0 Å². The second-order valence-electron chi connectivity index (χ2n) is 6.30. The van der Waals surface area contributed by atoms with Crippen LogP contribution < -0.4 is 5.32 Å². The normalized spacial score (nSPS) is 12.4. The number of hydrogen-bond acceptors (Lipinski definition) is 4. The number of aliphatic hydroxyl groups is 1. The Balaban J connectivity index is 2.18. The van der Waals surface area contributed by atoms with E-state index in [4.69, 9.17) is 5.11 Å². The average Bonchev–Trinajstić information content (AvgIpc) is 2.95. The van der Waals surface area contributed by atoms with Gasteiger partial charge in [0, 0.05) is 12.6 Å². The largest absolute Gasteiger partial charge is 0.504 e. The highest BCUT2D eigenvalue weighted by Crippen LogP contribution is 2.21. The van der Waals surface area contributed by atoms with Crippen LogP contribution in [0.4, 0.5) is 0 Å². The van der Waals surface area contributed by atoms with Crippen LogP contribution in [0.3, 0.4) is 0 Å². The SMILES string of the molecule is CC(CCCO)NC(=O)c1nn(-c2cccc(C(C)C)c2)cc1O. The van der Waals surface area contributed by atoms with Crippen LogP contribution in [0.1, 0.15) is 55.6 Å². The van der Waals surface area contributed by atoms with E-state index >= 15 is 0 Å². The Labute approximate surface area is 142 Å². The van der Waals surface area contributed by atoms with Crippen molar-refractivity contribution in [3.8, 4) is 11.4 Å². The lowest BCUT2D eigenvalue weighted by Gasteiger charge is -2.12. The molecular formula is C18H25N3O3. The van der Waals surface area contributed by atoms with Gasteiger partial charge >= 0.3 is 0 Å². The summed E-state index contributed by atoms with van der Waals surface area (Å²) in [6.07, 6.45) is 2.72. The maximum atomic E-state index is 12.2. The molecule has 2 aromatic rings. The Hall–Kier alpha value is -2.34. The smallest absolute Gasteiger partial charge is 0.275 e. The minimum Gasteiger partial charge on any atom is -0.504 e. The van der Waals surface area contributed by atoms with E-state index in [1.165, 1.54) is 10.9 Å². The number of carbonyl (C=O) groups excluding carboxylic acids is 1. The quantitative estimate of drug-likeness (QED) is 0.728. The molecule has 2 rings (SSSR count). The Morgan fingerprint density at radius 1 is 1.33 bits per heavy atom. The van der Waals surface area contributed by atoms with Crippen LogP contribution in [-0.2, 0) is 0 Å². The van der Waals surface area contributed by atoms with Crippen molar-refractivity contribution in [1.29, 1.82) is 0 Å². The number of nitrogens with one attached hydrogen (secondary N) is 1. The third kappa shape index (κ3) is 4.35. The Bertz CT molecular complexity index is 695. The minimum atomic E-state index is -0.420. The van der Waals surface area contributed by atoms with Gasteiger partial charge in [0.1, 0.15) is 0 Å². The second-order valence-corrected chi connectivity index (χ2v) is 6.30. The molecule has 0 radical (unpaired) electrons. The van der Waals surface area contributed by atoms with Crippen molar-refractivity contribution in [2.75, 3.05) is 6.61 Å². The number of aromatic hydroxyl groups is 1. The topological polar surface area (TPSA) is 87.4 Å². The molecule has 1 amide bonds. The van der Waals surface area contributed by atoms with Crippen LogP contribution in [0, 0.1) is 0 Å². The molecule has 1 aromatic heterocycles. The first-order valence-electron chi connectivity index (χ1n) is 8.23. The molecule has 0 saturated heterocycles. The zero-order chi connectivity index (χ0) is 17.7. The lowest BCUT2D eigenvalue weighted by molar-refractivity contribution is 0.0928. The first-order valence-corrected chi connectivity index (χ1v) is 8.23. The highest BCUT2D eigenvalue weighted by Gasteiger charge is 2.18.